The van der Waals surface area contributed by atoms with Gasteiger partial charge in [0, 0.05) is 52.8 Å². The van der Waals surface area contributed by atoms with Crippen LogP contribution in [0.1, 0.15) is 13.8 Å². The summed E-state index contributed by atoms with van der Waals surface area (Å²) in [5, 5.41) is 2.73. The summed E-state index contributed by atoms with van der Waals surface area (Å²) in [5.41, 5.74) is 2.67. The molecule has 3 rings (SSSR count). The second-order valence-electron chi connectivity index (χ2n) is 5.04. The first-order valence-electron chi connectivity index (χ1n) is 7.61. The molecule has 0 fully saturated rings. The number of benzene rings is 2. The predicted octanol–water partition coefficient (Wildman–Crippen LogP) is 4.02. The highest BCUT2D eigenvalue weighted by Gasteiger charge is 2.12. The highest BCUT2D eigenvalue weighted by Crippen LogP contribution is 2.30. The summed E-state index contributed by atoms with van der Waals surface area (Å²) in [7, 11) is 0. The van der Waals surface area contributed by atoms with Crippen molar-refractivity contribution in [3.63, 3.8) is 0 Å². The van der Waals surface area contributed by atoms with Gasteiger partial charge in [-0.2, -0.15) is 0 Å². The molecule has 110 valence electrons. The van der Waals surface area contributed by atoms with Crippen LogP contribution in [0.25, 0.3) is 21.8 Å². The second-order valence-corrected chi connectivity index (χ2v) is 6.32. The first-order valence-corrected chi connectivity index (χ1v) is 8.69. The molecule has 0 atom stereocenters. The quantitative estimate of drug-likeness (QED) is 0.381. The Bertz CT molecular complexity index is 747. The van der Waals surface area contributed by atoms with E-state index in [-0.39, 0.29) is 0 Å². The molecule has 0 saturated heterocycles. The fraction of sp³-hybridized carbons (Fsp3) is 0.333. The van der Waals surface area contributed by atoms with Crippen molar-refractivity contribution in [2.75, 3.05) is 19.0 Å². The lowest BCUT2D eigenvalue weighted by Gasteiger charge is -2.02. The molecule has 21 heavy (non-hydrogen) atoms. The maximum atomic E-state index is 5.42. The molecule has 0 spiro atoms. The van der Waals surface area contributed by atoms with E-state index >= 15 is 0 Å². The normalized spacial score (nSPS) is 11.5. The van der Waals surface area contributed by atoms with Crippen molar-refractivity contribution in [2.24, 2.45) is 0 Å². The fourth-order valence-corrected chi connectivity index (χ4v) is 3.74. The lowest BCUT2D eigenvalue weighted by atomic mass is 10.1. The molecule has 0 aliphatic heterocycles. The van der Waals surface area contributed by atoms with Crippen molar-refractivity contribution in [2.45, 2.75) is 25.3 Å². The van der Waals surface area contributed by atoms with E-state index < -0.39 is 0 Å². The average Bonchev–Trinajstić information content (AvgIpc) is 2.85. The topological polar surface area (TPSA) is 14.2 Å². The summed E-state index contributed by atoms with van der Waals surface area (Å²) in [6, 6.07) is 15.5. The zero-order chi connectivity index (χ0) is 14.7. The van der Waals surface area contributed by atoms with E-state index in [0.717, 1.165) is 25.5 Å². The van der Waals surface area contributed by atoms with Crippen molar-refractivity contribution < 1.29 is 4.74 Å². The Morgan fingerprint density at radius 2 is 1.81 bits per heavy atom. The summed E-state index contributed by atoms with van der Waals surface area (Å²) in [5.74, 6) is 1.06. The van der Waals surface area contributed by atoms with Crippen LogP contribution in [-0.4, -0.2) is 23.5 Å². The SMILES string of the molecule is CCOCC[SH+]c1ccc2c(c1)c1ccccc1n2CC. The number of ether oxygens (including phenoxy) is 1. The highest BCUT2D eigenvalue weighted by atomic mass is 32.2. The Hall–Kier alpha value is -1.45. The number of nitrogens with zero attached hydrogens (tertiary/aromatic N) is 1. The molecule has 0 saturated carbocycles. The van der Waals surface area contributed by atoms with Crippen molar-refractivity contribution in [3.05, 3.63) is 42.5 Å². The van der Waals surface area contributed by atoms with Crippen LogP contribution in [0.2, 0.25) is 0 Å². The van der Waals surface area contributed by atoms with E-state index in [1.54, 1.807) is 0 Å². The van der Waals surface area contributed by atoms with Crippen molar-refractivity contribution in [1.29, 1.82) is 0 Å². The van der Waals surface area contributed by atoms with Crippen LogP contribution in [0, 0.1) is 0 Å². The predicted molar refractivity (Wildman–Crippen MR) is 93.5 cm³/mol. The number of hydrogen-bond acceptors (Lipinski definition) is 1. The molecule has 1 aromatic heterocycles. The number of para-hydroxylation sites is 1. The first-order chi connectivity index (χ1) is 10.3. The van der Waals surface area contributed by atoms with Gasteiger partial charge in [-0.25, -0.2) is 0 Å². The van der Waals surface area contributed by atoms with Crippen LogP contribution >= 0.6 is 0 Å². The number of fused-ring (bicyclic) bond motifs is 3. The van der Waals surface area contributed by atoms with Gasteiger partial charge in [-0.1, -0.05) is 18.2 Å². The third-order valence-corrected chi connectivity index (χ3v) is 4.86. The number of hydrogen-bond donors (Lipinski definition) is 0. The molecule has 0 amide bonds. The molecule has 0 radical (unpaired) electrons. The van der Waals surface area contributed by atoms with Gasteiger partial charge in [0.25, 0.3) is 0 Å². The molecule has 0 aliphatic carbocycles. The van der Waals surface area contributed by atoms with E-state index in [1.165, 1.54) is 38.5 Å². The molecule has 0 bridgehead atoms. The standard InChI is InChI=1S/C18H21NOS/c1-3-19-17-8-6-5-7-15(17)16-13-14(9-10-18(16)19)21-12-11-20-4-2/h5-10,13H,3-4,11-12H2,1-2H3/p+1. The lowest BCUT2D eigenvalue weighted by molar-refractivity contribution is 0.164. The van der Waals surface area contributed by atoms with Gasteiger partial charge < -0.3 is 9.30 Å². The lowest BCUT2D eigenvalue weighted by Crippen LogP contribution is -2.01. The van der Waals surface area contributed by atoms with Gasteiger partial charge >= 0.3 is 0 Å². The molecule has 0 aliphatic rings. The average molecular weight is 300 g/mol. The molecule has 2 aromatic carbocycles. The van der Waals surface area contributed by atoms with E-state index in [0.29, 0.717) is 0 Å². The Morgan fingerprint density at radius 3 is 2.62 bits per heavy atom. The molecular formula is C18H22NOS+. The van der Waals surface area contributed by atoms with Gasteiger partial charge in [0.1, 0.15) is 5.75 Å². The van der Waals surface area contributed by atoms with Crippen molar-refractivity contribution in [3.8, 4) is 0 Å². The second kappa shape index (κ2) is 6.54. The minimum Gasteiger partial charge on any atom is -0.377 e. The van der Waals surface area contributed by atoms with E-state index in [2.05, 4.69) is 54.0 Å². The Balaban J connectivity index is 1.99. The molecule has 3 aromatic rings. The monoisotopic (exact) mass is 300 g/mol. The largest absolute Gasteiger partial charge is 0.377 e. The van der Waals surface area contributed by atoms with Crippen LogP contribution < -0.4 is 0 Å². The molecule has 0 unspecified atom stereocenters. The number of thiol groups is 1. The van der Waals surface area contributed by atoms with Crippen LogP contribution in [0.5, 0.6) is 0 Å². The number of rotatable bonds is 6. The number of aromatic nitrogens is 1. The Labute approximate surface area is 130 Å². The first kappa shape index (κ1) is 14.5. The van der Waals surface area contributed by atoms with Gasteiger partial charge in [0.2, 0.25) is 0 Å². The summed E-state index contributed by atoms with van der Waals surface area (Å²) in [6.45, 7) is 6.90. The molecule has 1 heterocycles. The van der Waals surface area contributed by atoms with Gasteiger partial charge in [0.15, 0.2) is 4.90 Å². The van der Waals surface area contributed by atoms with Gasteiger partial charge in [-0.15, -0.1) is 0 Å². The van der Waals surface area contributed by atoms with Crippen LogP contribution in [-0.2, 0) is 23.0 Å². The third-order valence-electron chi connectivity index (χ3n) is 3.81. The van der Waals surface area contributed by atoms with Crippen LogP contribution in [0.4, 0.5) is 0 Å². The van der Waals surface area contributed by atoms with Crippen LogP contribution in [0.3, 0.4) is 0 Å². The third kappa shape index (κ3) is 2.81. The van der Waals surface area contributed by atoms with Gasteiger partial charge in [0.05, 0.1) is 6.61 Å². The van der Waals surface area contributed by atoms with Gasteiger partial charge in [-0.3, -0.25) is 0 Å². The van der Waals surface area contributed by atoms with Crippen LogP contribution in [0.15, 0.2) is 47.4 Å². The van der Waals surface area contributed by atoms with Gasteiger partial charge in [-0.05, 0) is 32.0 Å². The number of aryl methyl sites for hydroxylation is 1. The Kier molecular flexibility index (Phi) is 4.51. The summed E-state index contributed by atoms with van der Waals surface area (Å²) in [4.78, 5) is 1.38. The maximum Gasteiger partial charge on any atom is 0.153 e. The Morgan fingerprint density at radius 1 is 1.00 bits per heavy atom. The molecular weight excluding hydrogens is 278 g/mol. The van der Waals surface area contributed by atoms with E-state index in [4.69, 9.17) is 4.74 Å². The summed E-state index contributed by atoms with van der Waals surface area (Å²) in [6.07, 6.45) is 0. The zero-order valence-electron chi connectivity index (χ0n) is 12.7. The molecule has 0 N–H and O–H groups in total. The maximum absolute atomic E-state index is 5.42. The van der Waals surface area contributed by atoms with E-state index in [1.807, 2.05) is 6.92 Å². The minimum atomic E-state index is 0.804. The van der Waals surface area contributed by atoms with Crippen molar-refractivity contribution in [1.82, 2.24) is 4.57 Å². The molecule has 2 nitrogen and oxygen atoms in total. The highest BCUT2D eigenvalue weighted by molar-refractivity contribution is 7.78. The minimum absolute atomic E-state index is 0.804. The summed E-state index contributed by atoms with van der Waals surface area (Å²) >= 11 is 1.35. The van der Waals surface area contributed by atoms with Crippen molar-refractivity contribution >= 4 is 33.6 Å². The summed E-state index contributed by atoms with van der Waals surface area (Å²) < 4.78 is 7.82. The zero-order valence-corrected chi connectivity index (χ0v) is 13.6. The smallest absolute Gasteiger partial charge is 0.153 e. The fourth-order valence-electron chi connectivity index (χ4n) is 2.86. The van der Waals surface area contributed by atoms with E-state index in [9.17, 15) is 0 Å². The molecule has 3 heteroatoms.